The lowest BCUT2D eigenvalue weighted by Gasteiger charge is -2.07. The van der Waals surface area contributed by atoms with Gasteiger partial charge in [0.25, 0.3) is 5.91 Å². The maximum Gasteiger partial charge on any atom is 0.275 e. The van der Waals surface area contributed by atoms with Crippen LogP contribution < -0.4 is 14.8 Å². The van der Waals surface area contributed by atoms with Gasteiger partial charge in [-0.1, -0.05) is 42.5 Å². The quantitative estimate of drug-likeness (QED) is 0.410. The first kappa shape index (κ1) is 22.1. The Morgan fingerprint density at radius 3 is 2.39 bits per heavy atom. The van der Waals surface area contributed by atoms with Crippen molar-refractivity contribution in [2.45, 2.75) is 13.0 Å². The second-order valence-corrected chi connectivity index (χ2v) is 7.39. The van der Waals surface area contributed by atoms with E-state index < -0.39 is 0 Å². The number of halogens is 1. The first-order chi connectivity index (χ1) is 16.1. The molecule has 7 heteroatoms. The van der Waals surface area contributed by atoms with Crippen molar-refractivity contribution >= 4 is 5.91 Å². The third kappa shape index (κ3) is 5.77. The van der Waals surface area contributed by atoms with E-state index in [1.54, 1.807) is 25.4 Å². The second kappa shape index (κ2) is 10.5. The fourth-order valence-corrected chi connectivity index (χ4v) is 3.28. The van der Waals surface area contributed by atoms with E-state index in [0.29, 0.717) is 31.0 Å². The van der Waals surface area contributed by atoms with Gasteiger partial charge in [-0.3, -0.25) is 4.79 Å². The van der Waals surface area contributed by atoms with Crippen LogP contribution in [0.25, 0.3) is 5.69 Å². The number of rotatable bonds is 9. The lowest BCUT2D eigenvalue weighted by Crippen LogP contribution is -2.26. The molecule has 0 bridgehead atoms. The predicted molar refractivity (Wildman–Crippen MR) is 123 cm³/mol. The summed E-state index contributed by atoms with van der Waals surface area (Å²) in [5.74, 6) is 0.454. The molecule has 0 aliphatic rings. The van der Waals surface area contributed by atoms with E-state index in [9.17, 15) is 9.18 Å². The van der Waals surface area contributed by atoms with Gasteiger partial charge in [0.15, 0.2) is 11.4 Å². The Balaban J connectivity index is 1.48. The molecule has 0 aliphatic heterocycles. The summed E-state index contributed by atoms with van der Waals surface area (Å²) in [5.41, 5.74) is 2.84. The fraction of sp³-hybridized carbons (Fsp3) is 0.154. The Kier molecular flexibility index (Phi) is 6.99. The van der Waals surface area contributed by atoms with E-state index in [-0.39, 0.29) is 17.4 Å². The molecule has 0 unspecified atom stereocenters. The van der Waals surface area contributed by atoms with Crippen LogP contribution in [0.4, 0.5) is 4.39 Å². The van der Waals surface area contributed by atoms with Crippen LogP contribution in [0, 0.1) is 5.82 Å². The van der Waals surface area contributed by atoms with E-state index in [1.807, 2.05) is 54.6 Å². The van der Waals surface area contributed by atoms with Crippen molar-refractivity contribution in [2.75, 3.05) is 13.7 Å². The summed E-state index contributed by atoms with van der Waals surface area (Å²) in [7, 11) is 1.62. The van der Waals surface area contributed by atoms with Gasteiger partial charge >= 0.3 is 0 Å². The minimum absolute atomic E-state index is 0.171. The lowest BCUT2D eigenvalue weighted by molar-refractivity contribution is 0.0944. The molecule has 1 amide bonds. The Morgan fingerprint density at radius 1 is 0.970 bits per heavy atom. The fourth-order valence-electron chi connectivity index (χ4n) is 3.28. The van der Waals surface area contributed by atoms with Gasteiger partial charge in [0.05, 0.1) is 19.0 Å². The zero-order valence-corrected chi connectivity index (χ0v) is 18.2. The summed E-state index contributed by atoms with van der Waals surface area (Å²) in [6.07, 6.45) is 2.29. The Labute approximate surface area is 191 Å². The van der Waals surface area contributed by atoms with E-state index in [1.165, 1.54) is 16.8 Å². The van der Waals surface area contributed by atoms with Gasteiger partial charge in [-0.05, 0) is 53.9 Å². The molecule has 0 saturated heterocycles. The molecule has 0 spiro atoms. The summed E-state index contributed by atoms with van der Waals surface area (Å²) < 4.78 is 25.9. The molecule has 1 N–H and O–H groups in total. The molecule has 0 atom stereocenters. The first-order valence-corrected chi connectivity index (χ1v) is 10.6. The second-order valence-electron chi connectivity index (χ2n) is 7.39. The number of ether oxygens (including phenoxy) is 2. The molecule has 4 aromatic rings. The summed E-state index contributed by atoms with van der Waals surface area (Å²) in [5, 5.41) is 7.31. The van der Waals surface area contributed by atoms with Crippen molar-refractivity contribution in [3.8, 4) is 17.2 Å². The van der Waals surface area contributed by atoms with Crippen LogP contribution in [0.1, 0.15) is 21.6 Å². The van der Waals surface area contributed by atoms with Crippen molar-refractivity contribution in [1.82, 2.24) is 15.1 Å². The Hall–Kier alpha value is -4.13. The smallest absolute Gasteiger partial charge is 0.275 e. The van der Waals surface area contributed by atoms with E-state index >= 15 is 0 Å². The van der Waals surface area contributed by atoms with Gasteiger partial charge in [-0.15, -0.1) is 0 Å². The minimum atomic E-state index is -0.344. The maximum atomic E-state index is 13.3. The molecule has 1 aromatic heterocycles. The van der Waals surface area contributed by atoms with Gasteiger partial charge in [0, 0.05) is 6.54 Å². The van der Waals surface area contributed by atoms with Gasteiger partial charge in [0.2, 0.25) is 0 Å². The molecule has 33 heavy (non-hydrogen) atoms. The summed E-state index contributed by atoms with van der Waals surface area (Å²) in [6, 6.07) is 23.2. The number of methoxy groups -OCH3 is 1. The number of hydrogen-bond donors (Lipinski definition) is 1. The normalized spacial score (nSPS) is 10.6. The largest absolute Gasteiger partial charge is 0.497 e. The molecule has 3 aromatic carbocycles. The molecule has 1 heterocycles. The van der Waals surface area contributed by atoms with Crippen LogP contribution in [0.2, 0.25) is 0 Å². The van der Waals surface area contributed by atoms with Crippen molar-refractivity contribution < 1.29 is 18.7 Å². The van der Waals surface area contributed by atoms with Crippen LogP contribution in [-0.2, 0) is 13.0 Å². The van der Waals surface area contributed by atoms with Gasteiger partial charge in [-0.2, -0.15) is 5.10 Å². The van der Waals surface area contributed by atoms with Crippen LogP contribution >= 0.6 is 0 Å². The minimum Gasteiger partial charge on any atom is -0.497 e. The zero-order chi connectivity index (χ0) is 23.0. The number of nitrogens with zero attached hydrogens (tertiary/aromatic N) is 2. The molecule has 0 aliphatic carbocycles. The van der Waals surface area contributed by atoms with Gasteiger partial charge < -0.3 is 14.8 Å². The number of nitrogens with one attached hydrogen (secondary N) is 1. The van der Waals surface area contributed by atoms with E-state index in [2.05, 4.69) is 10.4 Å². The average Bonchev–Trinajstić information content (AvgIpc) is 3.28. The van der Waals surface area contributed by atoms with E-state index in [0.717, 1.165) is 16.9 Å². The highest BCUT2D eigenvalue weighted by Crippen LogP contribution is 2.22. The third-order valence-corrected chi connectivity index (χ3v) is 5.08. The third-order valence-electron chi connectivity index (χ3n) is 5.08. The maximum absolute atomic E-state index is 13.3. The van der Waals surface area contributed by atoms with Crippen molar-refractivity contribution in [2.24, 2.45) is 0 Å². The average molecular weight is 445 g/mol. The van der Waals surface area contributed by atoms with Gasteiger partial charge in [-0.25, -0.2) is 9.07 Å². The Morgan fingerprint density at radius 2 is 1.70 bits per heavy atom. The number of benzene rings is 3. The molecular weight excluding hydrogens is 421 g/mol. The highest BCUT2D eigenvalue weighted by atomic mass is 19.1. The molecule has 0 fully saturated rings. The molecular formula is C26H24FN3O3. The highest BCUT2D eigenvalue weighted by Gasteiger charge is 2.19. The molecule has 4 rings (SSSR count). The first-order valence-electron chi connectivity index (χ1n) is 10.6. The molecule has 168 valence electrons. The van der Waals surface area contributed by atoms with Crippen LogP contribution in [-0.4, -0.2) is 29.3 Å². The number of hydrogen-bond acceptors (Lipinski definition) is 4. The molecule has 6 nitrogen and oxygen atoms in total. The van der Waals surface area contributed by atoms with Crippen LogP contribution in [0.5, 0.6) is 11.5 Å². The number of amides is 1. The summed E-state index contributed by atoms with van der Waals surface area (Å²) in [4.78, 5) is 12.9. The van der Waals surface area contributed by atoms with Crippen molar-refractivity contribution in [1.29, 1.82) is 0 Å². The van der Waals surface area contributed by atoms with Crippen LogP contribution in [0.15, 0.2) is 85.1 Å². The Bertz CT molecular complexity index is 1190. The summed E-state index contributed by atoms with van der Waals surface area (Å²) >= 11 is 0. The SMILES string of the molecule is COc1ccc(CCNC(=O)c2nn(-c3ccc(F)cc3)cc2OCc2ccccc2)cc1. The molecule has 0 saturated carbocycles. The van der Waals surface area contributed by atoms with Gasteiger partial charge in [0.1, 0.15) is 18.2 Å². The van der Waals surface area contributed by atoms with E-state index in [4.69, 9.17) is 9.47 Å². The lowest BCUT2D eigenvalue weighted by atomic mass is 10.1. The van der Waals surface area contributed by atoms with Crippen LogP contribution in [0.3, 0.4) is 0 Å². The van der Waals surface area contributed by atoms with Crippen molar-refractivity contribution in [3.63, 3.8) is 0 Å². The number of carbonyl (C=O) groups is 1. The summed E-state index contributed by atoms with van der Waals surface area (Å²) in [6.45, 7) is 0.731. The monoisotopic (exact) mass is 445 g/mol. The number of carbonyl (C=O) groups excluding carboxylic acids is 1. The zero-order valence-electron chi connectivity index (χ0n) is 18.2. The highest BCUT2D eigenvalue weighted by molar-refractivity contribution is 5.95. The molecule has 0 radical (unpaired) electrons. The predicted octanol–water partition coefficient (Wildman–Crippen LogP) is 4.57. The topological polar surface area (TPSA) is 65.4 Å². The standard InChI is InChI=1S/C26H24FN3O3/c1-32-23-13-7-19(8-14-23)15-16-28-26(31)25-24(33-18-20-5-3-2-4-6-20)17-30(29-25)22-11-9-21(27)10-12-22/h2-14,17H,15-16,18H2,1H3,(H,28,31). The van der Waals surface area contributed by atoms with Crippen molar-refractivity contribution in [3.05, 3.63) is 108 Å². The number of aromatic nitrogens is 2.